The van der Waals surface area contributed by atoms with Gasteiger partial charge in [-0.2, -0.15) is 0 Å². The van der Waals surface area contributed by atoms with Crippen LogP contribution in [0.15, 0.2) is 223 Å². The van der Waals surface area contributed by atoms with Gasteiger partial charge in [0.05, 0.1) is 16.7 Å². The van der Waals surface area contributed by atoms with Crippen LogP contribution < -0.4 is 0 Å². The summed E-state index contributed by atoms with van der Waals surface area (Å²) in [5.74, 6) is 1.78. The highest BCUT2D eigenvalue weighted by Gasteiger charge is 2.22. The highest BCUT2D eigenvalue weighted by molar-refractivity contribution is 6.16. The van der Waals surface area contributed by atoms with Crippen LogP contribution in [0.1, 0.15) is 0 Å². The average molecular weight is 793 g/mol. The topological polar surface area (TPSA) is 56.7 Å². The average Bonchev–Trinajstić information content (AvgIpc) is 3.91. The van der Waals surface area contributed by atoms with Crippen LogP contribution >= 0.6 is 0 Å². The van der Waals surface area contributed by atoms with E-state index in [9.17, 15) is 0 Å². The Morgan fingerprint density at radius 3 is 1.42 bits per heavy atom. The van der Waals surface area contributed by atoms with E-state index >= 15 is 0 Å². The standard InChI is InChI=1S/C57H36N4O/c1-4-14-37(15-5-1)40-26-30-42(31-27-40)55-58-56(43-32-28-41(29-33-43)38-16-6-2-7-17-38)60-57(59-55)47-22-13-25-52-53(47)46-21-12-24-51(54(46)62-52)61-49-23-11-10-20-45(49)48-36-44(34-35-50(48)61)39-18-8-3-9-19-39/h1-36H. The first-order chi connectivity index (χ1) is 30.7. The molecule has 0 atom stereocenters. The molecule has 0 saturated heterocycles. The van der Waals surface area contributed by atoms with Gasteiger partial charge in [-0.05, 0) is 63.7 Å². The van der Waals surface area contributed by atoms with E-state index in [1.165, 1.54) is 21.9 Å². The molecule has 5 nitrogen and oxygen atoms in total. The zero-order valence-corrected chi connectivity index (χ0v) is 33.5. The first kappa shape index (κ1) is 35.5. The van der Waals surface area contributed by atoms with E-state index in [0.717, 1.165) is 77.6 Å². The molecule has 3 heterocycles. The summed E-state index contributed by atoms with van der Waals surface area (Å²) < 4.78 is 9.24. The molecule has 290 valence electrons. The summed E-state index contributed by atoms with van der Waals surface area (Å²) in [4.78, 5) is 15.6. The number of nitrogens with zero attached hydrogens (tertiary/aromatic N) is 4. The molecule has 12 aromatic rings. The third-order valence-electron chi connectivity index (χ3n) is 11.9. The number of rotatable bonds is 7. The van der Waals surface area contributed by atoms with Gasteiger partial charge in [0.25, 0.3) is 0 Å². The molecule has 0 aliphatic heterocycles. The van der Waals surface area contributed by atoms with Crippen molar-refractivity contribution in [2.24, 2.45) is 0 Å². The van der Waals surface area contributed by atoms with Crippen LogP contribution in [0.4, 0.5) is 0 Å². The third-order valence-corrected chi connectivity index (χ3v) is 11.9. The fourth-order valence-electron chi connectivity index (χ4n) is 8.88. The molecule has 0 radical (unpaired) electrons. The van der Waals surface area contributed by atoms with Crippen LogP contribution in [-0.2, 0) is 0 Å². The summed E-state index contributed by atoms with van der Waals surface area (Å²) in [7, 11) is 0. The van der Waals surface area contributed by atoms with Crippen LogP contribution in [0.25, 0.3) is 117 Å². The molecule has 3 aromatic heterocycles. The van der Waals surface area contributed by atoms with E-state index in [4.69, 9.17) is 19.4 Å². The number of hydrogen-bond acceptors (Lipinski definition) is 4. The first-order valence-electron chi connectivity index (χ1n) is 20.8. The van der Waals surface area contributed by atoms with Crippen LogP contribution in [0.2, 0.25) is 0 Å². The first-order valence-corrected chi connectivity index (χ1v) is 20.8. The van der Waals surface area contributed by atoms with E-state index in [-0.39, 0.29) is 0 Å². The van der Waals surface area contributed by atoms with Crippen molar-refractivity contribution in [2.45, 2.75) is 0 Å². The fraction of sp³-hybridized carbons (Fsp3) is 0. The smallest absolute Gasteiger partial charge is 0.164 e. The van der Waals surface area contributed by atoms with Crippen molar-refractivity contribution in [1.82, 2.24) is 19.5 Å². The van der Waals surface area contributed by atoms with E-state index in [1.54, 1.807) is 0 Å². The maximum Gasteiger partial charge on any atom is 0.164 e. The molecule has 0 fully saturated rings. The monoisotopic (exact) mass is 792 g/mol. The van der Waals surface area contributed by atoms with Gasteiger partial charge in [-0.1, -0.05) is 188 Å². The minimum absolute atomic E-state index is 0.577. The lowest BCUT2D eigenvalue weighted by Gasteiger charge is -2.11. The van der Waals surface area contributed by atoms with Crippen LogP contribution in [0.3, 0.4) is 0 Å². The molecule has 0 bridgehead atoms. The molecule has 0 aliphatic rings. The zero-order chi connectivity index (χ0) is 41.0. The largest absolute Gasteiger partial charge is 0.454 e. The maximum atomic E-state index is 6.91. The van der Waals surface area contributed by atoms with Crippen LogP contribution in [0, 0.1) is 0 Å². The van der Waals surface area contributed by atoms with Gasteiger partial charge in [0.2, 0.25) is 0 Å². The van der Waals surface area contributed by atoms with Gasteiger partial charge < -0.3 is 8.98 Å². The number of furan rings is 1. The van der Waals surface area contributed by atoms with Gasteiger partial charge in [0.1, 0.15) is 5.58 Å². The summed E-state index contributed by atoms with van der Waals surface area (Å²) in [5.41, 5.74) is 14.4. The van der Waals surface area contributed by atoms with E-state index < -0.39 is 0 Å². The Hall–Kier alpha value is -8.41. The normalized spacial score (nSPS) is 11.5. The summed E-state index contributed by atoms with van der Waals surface area (Å²) in [6.07, 6.45) is 0. The highest BCUT2D eigenvalue weighted by Crippen LogP contribution is 2.42. The lowest BCUT2D eigenvalue weighted by molar-refractivity contribution is 0.666. The molecule has 9 aromatic carbocycles. The number of benzene rings is 9. The number of para-hydroxylation sites is 2. The van der Waals surface area contributed by atoms with Crippen molar-refractivity contribution >= 4 is 43.7 Å². The molecule has 0 saturated carbocycles. The SMILES string of the molecule is c1ccc(-c2ccc(-c3nc(-c4ccc(-c5ccccc5)cc4)nc(-c4cccc5oc6c(-n7c8ccccc8c8cc(-c9ccccc9)ccc87)cccc6c45)n3)cc2)cc1. The predicted molar refractivity (Wildman–Crippen MR) is 254 cm³/mol. The Bertz CT molecular complexity index is 3490. The molecular formula is C57H36N4O. The highest BCUT2D eigenvalue weighted by atomic mass is 16.3. The molecule has 0 amide bonds. The van der Waals surface area contributed by atoms with Gasteiger partial charge in [-0.25, -0.2) is 15.0 Å². The van der Waals surface area contributed by atoms with Crippen molar-refractivity contribution in [3.05, 3.63) is 218 Å². The molecule has 0 aliphatic carbocycles. The third kappa shape index (κ3) is 6.06. The molecule has 0 unspecified atom stereocenters. The Morgan fingerprint density at radius 1 is 0.323 bits per heavy atom. The summed E-state index contributed by atoms with van der Waals surface area (Å²) in [5, 5.41) is 4.32. The van der Waals surface area contributed by atoms with Crippen LogP contribution in [-0.4, -0.2) is 19.5 Å². The predicted octanol–water partition coefficient (Wildman–Crippen LogP) is 14.9. The number of hydrogen-bond donors (Lipinski definition) is 0. The summed E-state index contributed by atoms with van der Waals surface area (Å²) >= 11 is 0. The van der Waals surface area contributed by atoms with Crippen molar-refractivity contribution < 1.29 is 4.42 Å². The van der Waals surface area contributed by atoms with Crippen molar-refractivity contribution in [3.63, 3.8) is 0 Å². The molecule has 62 heavy (non-hydrogen) atoms. The second-order valence-corrected chi connectivity index (χ2v) is 15.6. The minimum Gasteiger partial charge on any atom is -0.454 e. The van der Waals surface area contributed by atoms with Crippen molar-refractivity contribution in [2.75, 3.05) is 0 Å². The number of fused-ring (bicyclic) bond motifs is 6. The Kier molecular flexibility index (Phi) is 8.42. The Morgan fingerprint density at radius 2 is 0.790 bits per heavy atom. The fourth-order valence-corrected chi connectivity index (χ4v) is 8.88. The van der Waals surface area contributed by atoms with Gasteiger partial charge in [-0.15, -0.1) is 0 Å². The van der Waals surface area contributed by atoms with Gasteiger partial charge >= 0.3 is 0 Å². The van der Waals surface area contributed by atoms with E-state index in [2.05, 4.69) is 199 Å². The molecule has 0 N–H and O–H groups in total. The Balaban J connectivity index is 1.03. The molecule has 12 rings (SSSR count). The quantitative estimate of drug-likeness (QED) is 0.161. The number of aromatic nitrogens is 4. The van der Waals surface area contributed by atoms with E-state index in [0.29, 0.717) is 17.5 Å². The lowest BCUT2D eigenvalue weighted by atomic mass is 10.0. The zero-order valence-electron chi connectivity index (χ0n) is 33.5. The Labute approximate surface area is 357 Å². The van der Waals surface area contributed by atoms with Gasteiger partial charge in [0.15, 0.2) is 23.1 Å². The second kappa shape index (κ2) is 14.7. The lowest BCUT2D eigenvalue weighted by Crippen LogP contribution is -2.00. The summed E-state index contributed by atoms with van der Waals surface area (Å²) in [6, 6.07) is 76.2. The second-order valence-electron chi connectivity index (χ2n) is 15.6. The molecule has 5 heteroatoms. The maximum absolute atomic E-state index is 6.91. The van der Waals surface area contributed by atoms with E-state index in [1.807, 2.05) is 24.3 Å². The minimum atomic E-state index is 0.577. The van der Waals surface area contributed by atoms with Crippen molar-refractivity contribution in [1.29, 1.82) is 0 Å². The molecule has 0 spiro atoms. The van der Waals surface area contributed by atoms with Crippen molar-refractivity contribution in [3.8, 4) is 73.2 Å². The van der Waals surface area contributed by atoms with Crippen LogP contribution in [0.5, 0.6) is 0 Å². The summed E-state index contributed by atoms with van der Waals surface area (Å²) in [6.45, 7) is 0. The van der Waals surface area contributed by atoms with Gasteiger partial charge in [0, 0.05) is 38.2 Å². The van der Waals surface area contributed by atoms with Gasteiger partial charge in [-0.3, -0.25) is 0 Å². The molecular weight excluding hydrogens is 757 g/mol.